The summed E-state index contributed by atoms with van der Waals surface area (Å²) in [6.45, 7) is 0.264. The molecule has 0 aliphatic carbocycles. The van der Waals surface area contributed by atoms with Crippen molar-refractivity contribution >= 4 is 23.5 Å². The van der Waals surface area contributed by atoms with Crippen LogP contribution < -0.4 is 20.1 Å². The average Bonchev–Trinajstić information content (AvgIpc) is 3.14. The number of carbonyl (C=O) groups is 3. The van der Waals surface area contributed by atoms with Gasteiger partial charge in [-0.2, -0.15) is 0 Å². The van der Waals surface area contributed by atoms with Gasteiger partial charge in [0.1, 0.15) is 11.3 Å². The maximum absolute atomic E-state index is 12.0. The van der Waals surface area contributed by atoms with E-state index in [1.165, 1.54) is 18.2 Å². The fourth-order valence-electron chi connectivity index (χ4n) is 2.39. The minimum absolute atomic E-state index is 0.117. The molecule has 2 aromatic rings. The van der Waals surface area contributed by atoms with Crippen molar-refractivity contribution in [1.29, 1.82) is 0 Å². The highest BCUT2D eigenvalue weighted by Gasteiger charge is 2.18. The van der Waals surface area contributed by atoms with E-state index in [9.17, 15) is 19.5 Å². The molecule has 0 bridgehead atoms. The van der Waals surface area contributed by atoms with E-state index in [0.29, 0.717) is 11.5 Å². The second-order valence-electron chi connectivity index (χ2n) is 5.55. The number of phenols is 1. The number of ether oxygens (including phenoxy) is 3. The Hall–Kier alpha value is -3.75. The van der Waals surface area contributed by atoms with Gasteiger partial charge in [-0.3, -0.25) is 9.59 Å². The summed E-state index contributed by atoms with van der Waals surface area (Å²) in [5.41, 5.74) is 0.769. The first kappa shape index (κ1) is 18.1. The van der Waals surface area contributed by atoms with Crippen molar-refractivity contribution in [2.75, 3.05) is 19.2 Å². The Morgan fingerprint density at radius 1 is 1.07 bits per heavy atom. The zero-order valence-corrected chi connectivity index (χ0v) is 14.3. The number of fused-ring (bicyclic) bond motifs is 1. The van der Waals surface area contributed by atoms with Crippen molar-refractivity contribution in [2.24, 2.45) is 0 Å². The lowest BCUT2D eigenvalue weighted by Gasteiger charge is -2.09. The molecule has 3 rings (SSSR count). The predicted molar refractivity (Wildman–Crippen MR) is 92.5 cm³/mol. The van der Waals surface area contributed by atoms with Crippen molar-refractivity contribution in [3.8, 4) is 17.2 Å². The van der Waals surface area contributed by atoms with E-state index in [-0.39, 0.29) is 30.3 Å². The standard InChI is InChI=1S/C18H16N2O7/c1-25-18(24)12-7-11(3-4-13(12)21)20-17(23)16(22)19-8-10-2-5-14-15(6-10)27-9-26-14/h2-7,21H,8-9H2,1H3,(H,19,22)(H,20,23). The number of methoxy groups -OCH3 is 1. The van der Waals surface area contributed by atoms with Gasteiger partial charge in [-0.1, -0.05) is 6.07 Å². The quantitative estimate of drug-likeness (QED) is 0.418. The molecular weight excluding hydrogens is 356 g/mol. The van der Waals surface area contributed by atoms with Gasteiger partial charge in [0.05, 0.1) is 7.11 Å². The molecule has 0 spiro atoms. The van der Waals surface area contributed by atoms with Crippen LogP contribution in [0.2, 0.25) is 0 Å². The summed E-state index contributed by atoms with van der Waals surface area (Å²) in [4.78, 5) is 35.5. The average molecular weight is 372 g/mol. The zero-order chi connectivity index (χ0) is 19.4. The van der Waals surface area contributed by atoms with Crippen LogP contribution in [0.1, 0.15) is 15.9 Å². The number of benzene rings is 2. The van der Waals surface area contributed by atoms with E-state index in [4.69, 9.17) is 9.47 Å². The van der Waals surface area contributed by atoms with Crippen molar-refractivity contribution in [3.05, 3.63) is 47.5 Å². The molecule has 0 saturated heterocycles. The number of anilines is 1. The Kier molecular flexibility index (Phi) is 5.11. The van der Waals surface area contributed by atoms with Crippen molar-refractivity contribution in [3.63, 3.8) is 0 Å². The summed E-state index contributed by atoms with van der Waals surface area (Å²) in [5, 5.41) is 14.5. The second kappa shape index (κ2) is 7.65. The lowest BCUT2D eigenvalue weighted by Crippen LogP contribution is -2.35. The molecule has 0 radical (unpaired) electrons. The highest BCUT2D eigenvalue weighted by atomic mass is 16.7. The largest absolute Gasteiger partial charge is 0.507 e. The lowest BCUT2D eigenvalue weighted by atomic mass is 10.1. The van der Waals surface area contributed by atoms with Crippen LogP contribution in [0.3, 0.4) is 0 Å². The third-order valence-corrected chi connectivity index (χ3v) is 3.76. The minimum atomic E-state index is -0.919. The van der Waals surface area contributed by atoms with E-state index in [2.05, 4.69) is 15.4 Å². The molecule has 140 valence electrons. The van der Waals surface area contributed by atoms with E-state index >= 15 is 0 Å². The van der Waals surface area contributed by atoms with Gasteiger partial charge in [0.15, 0.2) is 11.5 Å². The molecule has 0 atom stereocenters. The Bertz CT molecular complexity index is 911. The molecule has 2 amide bonds. The van der Waals surface area contributed by atoms with E-state index in [0.717, 1.165) is 12.7 Å². The summed E-state index contributed by atoms with van der Waals surface area (Å²) in [7, 11) is 1.16. The predicted octanol–water partition coefficient (Wildman–Crippen LogP) is 1.16. The molecule has 9 nitrogen and oxygen atoms in total. The summed E-state index contributed by atoms with van der Waals surface area (Å²) in [6, 6.07) is 8.95. The smallest absolute Gasteiger partial charge is 0.341 e. The third kappa shape index (κ3) is 4.09. The Labute approximate surface area is 153 Å². The third-order valence-electron chi connectivity index (χ3n) is 3.76. The number of nitrogens with one attached hydrogen (secondary N) is 2. The highest BCUT2D eigenvalue weighted by Crippen LogP contribution is 2.32. The van der Waals surface area contributed by atoms with Crippen LogP contribution in [0.4, 0.5) is 5.69 Å². The number of amides is 2. The summed E-state index contributed by atoms with van der Waals surface area (Å²) in [6.07, 6.45) is 0. The maximum Gasteiger partial charge on any atom is 0.341 e. The van der Waals surface area contributed by atoms with Gasteiger partial charge >= 0.3 is 17.8 Å². The normalized spacial score (nSPS) is 11.6. The van der Waals surface area contributed by atoms with Gasteiger partial charge in [-0.25, -0.2) is 4.79 Å². The van der Waals surface area contributed by atoms with Gasteiger partial charge < -0.3 is 30.0 Å². The second-order valence-corrected chi connectivity index (χ2v) is 5.55. The molecule has 1 aliphatic rings. The van der Waals surface area contributed by atoms with Crippen molar-refractivity contribution < 1.29 is 33.7 Å². The van der Waals surface area contributed by atoms with E-state index in [1.807, 2.05) is 0 Å². The van der Waals surface area contributed by atoms with E-state index in [1.54, 1.807) is 18.2 Å². The Morgan fingerprint density at radius 3 is 2.63 bits per heavy atom. The van der Waals surface area contributed by atoms with E-state index < -0.39 is 17.8 Å². The van der Waals surface area contributed by atoms with Crippen LogP contribution in [0.25, 0.3) is 0 Å². The monoisotopic (exact) mass is 372 g/mol. The SMILES string of the molecule is COC(=O)c1cc(NC(=O)C(=O)NCc2ccc3c(c2)OCO3)ccc1O. The van der Waals surface area contributed by atoms with Gasteiger partial charge in [0.25, 0.3) is 0 Å². The highest BCUT2D eigenvalue weighted by molar-refractivity contribution is 6.39. The molecule has 2 aromatic carbocycles. The molecule has 0 unspecified atom stereocenters. The van der Waals surface area contributed by atoms with Crippen LogP contribution in [-0.4, -0.2) is 36.8 Å². The molecule has 3 N–H and O–H groups in total. The lowest BCUT2D eigenvalue weighted by molar-refractivity contribution is -0.136. The number of aromatic hydroxyl groups is 1. The number of hydrogen-bond donors (Lipinski definition) is 3. The fraction of sp³-hybridized carbons (Fsp3) is 0.167. The van der Waals surface area contributed by atoms with Crippen LogP contribution in [0.15, 0.2) is 36.4 Å². The van der Waals surface area contributed by atoms with Gasteiger partial charge in [0.2, 0.25) is 6.79 Å². The molecule has 1 aliphatic heterocycles. The first-order valence-electron chi connectivity index (χ1n) is 7.87. The number of phenolic OH excluding ortho intramolecular Hbond substituents is 1. The molecule has 1 heterocycles. The van der Waals surface area contributed by atoms with Gasteiger partial charge in [-0.05, 0) is 35.9 Å². The zero-order valence-electron chi connectivity index (χ0n) is 14.3. The van der Waals surface area contributed by atoms with Gasteiger partial charge in [-0.15, -0.1) is 0 Å². The first-order chi connectivity index (χ1) is 13.0. The van der Waals surface area contributed by atoms with Crippen LogP contribution in [0, 0.1) is 0 Å². The fourth-order valence-corrected chi connectivity index (χ4v) is 2.39. The molecule has 9 heteroatoms. The number of rotatable bonds is 4. The topological polar surface area (TPSA) is 123 Å². The molecular formula is C18H16N2O7. The number of esters is 1. The van der Waals surface area contributed by atoms with Crippen LogP contribution in [0.5, 0.6) is 17.2 Å². The molecule has 0 aromatic heterocycles. The van der Waals surface area contributed by atoms with Gasteiger partial charge in [0, 0.05) is 12.2 Å². The summed E-state index contributed by atoms with van der Waals surface area (Å²) >= 11 is 0. The molecule has 27 heavy (non-hydrogen) atoms. The molecule has 0 fully saturated rings. The summed E-state index contributed by atoms with van der Waals surface area (Å²) < 4.78 is 15.0. The van der Waals surface area contributed by atoms with Crippen LogP contribution in [-0.2, 0) is 20.9 Å². The number of carbonyl (C=O) groups excluding carboxylic acids is 3. The minimum Gasteiger partial charge on any atom is -0.507 e. The first-order valence-corrected chi connectivity index (χ1v) is 7.87. The Balaban J connectivity index is 1.59. The Morgan fingerprint density at radius 2 is 1.85 bits per heavy atom. The van der Waals surface area contributed by atoms with Crippen molar-refractivity contribution in [2.45, 2.75) is 6.54 Å². The number of hydrogen-bond acceptors (Lipinski definition) is 7. The van der Waals surface area contributed by atoms with Crippen LogP contribution >= 0.6 is 0 Å². The molecule has 0 saturated carbocycles. The maximum atomic E-state index is 12.0. The summed E-state index contributed by atoms with van der Waals surface area (Å²) in [5.74, 6) is -1.65. The van der Waals surface area contributed by atoms with Crippen molar-refractivity contribution in [1.82, 2.24) is 5.32 Å².